The Labute approximate surface area is 117 Å². The number of hydrogen-bond donors (Lipinski definition) is 1. The van der Waals surface area contributed by atoms with E-state index in [1.54, 1.807) is 19.9 Å². The summed E-state index contributed by atoms with van der Waals surface area (Å²) in [5.74, 6) is 0. The van der Waals surface area contributed by atoms with Crippen molar-refractivity contribution in [1.29, 1.82) is 0 Å². The molecule has 1 aliphatic rings. The third-order valence-electron chi connectivity index (χ3n) is 3.69. The molecule has 0 spiro atoms. The lowest BCUT2D eigenvalue weighted by molar-refractivity contribution is -0.137. The topological polar surface area (TPSA) is 23.5 Å². The van der Waals surface area contributed by atoms with Crippen molar-refractivity contribution in [2.75, 3.05) is 11.4 Å². The van der Waals surface area contributed by atoms with Crippen molar-refractivity contribution in [1.82, 2.24) is 0 Å². The van der Waals surface area contributed by atoms with Crippen LogP contribution in [0.1, 0.15) is 38.3 Å². The van der Waals surface area contributed by atoms with Gasteiger partial charge in [-0.1, -0.05) is 6.07 Å². The van der Waals surface area contributed by atoms with E-state index in [1.807, 2.05) is 11.8 Å². The van der Waals surface area contributed by atoms with Crippen LogP contribution in [0.15, 0.2) is 18.2 Å². The summed E-state index contributed by atoms with van der Waals surface area (Å²) in [5, 5.41) is 9.95. The molecule has 0 saturated carbocycles. The number of fused-ring (bicyclic) bond motifs is 1. The maximum atomic E-state index is 12.8. The van der Waals surface area contributed by atoms with E-state index in [-0.39, 0.29) is 6.04 Å². The minimum atomic E-state index is -4.32. The zero-order valence-corrected chi connectivity index (χ0v) is 12.0. The van der Waals surface area contributed by atoms with Gasteiger partial charge < -0.3 is 10.0 Å². The highest BCUT2D eigenvalue weighted by molar-refractivity contribution is 5.61. The minimum absolute atomic E-state index is 0.0542. The average molecular weight is 287 g/mol. The van der Waals surface area contributed by atoms with Crippen LogP contribution in [0.2, 0.25) is 0 Å². The van der Waals surface area contributed by atoms with Gasteiger partial charge in [-0.2, -0.15) is 13.2 Å². The molecule has 2 nitrogen and oxygen atoms in total. The predicted octanol–water partition coefficient (Wildman–Crippen LogP) is 3.62. The van der Waals surface area contributed by atoms with Crippen LogP contribution >= 0.6 is 0 Å². The molecule has 0 radical (unpaired) electrons. The Kier molecular flexibility index (Phi) is 3.75. The fourth-order valence-corrected chi connectivity index (χ4v) is 2.93. The highest BCUT2D eigenvalue weighted by atomic mass is 19.4. The molecular weight excluding hydrogens is 267 g/mol. The molecule has 0 amide bonds. The number of benzene rings is 1. The number of halogens is 3. The van der Waals surface area contributed by atoms with Crippen molar-refractivity contribution in [3.05, 3.63) is 29.3 Å². The molecule has 112 valence electrons. The number of hydrogen-bond acceptors (Lipinski definition) is 2. The Bertz CT molecular complexity index is 491. The highest BCUT2D eigenvalue weighted by Gasteiger charge is 2.36. The van der Waals surface area contributed by atoms with Crippen molar-refractivity contribution in [3.63, 3.8) is 0 Å². The van der Waals surface area contributed by atoms with Crippen molar-refractivity contribution in [2.24, 2.45) is 0 Å². The molecule has 1 heterocycles. The molecule has 0 aliphatic carbocycles. The van der Waals surface area contributed by atoms with Crippen LogP contribution in [0.3, 0.4) is 0 Å². The van der Waals surface area contributed by atoms with E-state index in [0.717, 1.165) is 11.6 Å². The Hall–Kier alpha value is -1.23. The van der Waals surface area contributed by atoms with E-state index >= 15 is 0 Å². The predicted molar refractivity (Wildman–Crippen MR) is 72.9 cm³/mol. The van der Waals surface area contributed by atoms with Gasteiger partial charge in [0.1, 0.15) is 0 Å². The second-order valence-electron chi connectivity index (χ2n) is 6.00. The van der Waals surface area contributed by atoms with Gasteiger partial charge in [0, 0.05) is 18.3 Å². The molecular formula is C15H20F3NO. The van der Waals surface area contributed by atoms with Crippen LogP contribution in [-0.4, -0.2) is 23.3 Å². The van der Waals surface area contributed by atoms with Gasteiger partial charge in [0.2, 0.25) is 0 Å². The second-order valence-corrected chi connectivity index (χ2v) is 6.00. The summed E-state index contributed by atoms with van der Waals surface area (Å²) >= 11 is 0. The molecule has 0 bridgehead atoms. The van der Waals surface area contributed by atoms with Gasteiger partial charge in [-0.15, -0.1) is 0 Å². The Morgan fingerprint density at radius 2 is 1.95 bits per heavy atom. The molecule has 1 N–H and O–H groups in total. The number of anilines is 1. The summed E-state index contributed by atoms with van der Waals surface area (Å²) in [6, 6.07) is 3.98. The summed E-state index contributed by atoms with van der Waals surface area (Å²) in [7, 11) is 0. The summed E-state index contributed by atoms with van der Waals surface area (Å²) in [5.41, 5.74) is 0.136. The smallest absolute Gasteiger partial charge is 0.390 e. The first-order valence-corrected chi connectivity index (χ1v) is 6.81. The second kappa shape index (κ2) is 4.95. The van der Waals surface area contributed by atoms with Crippen molar-refractivity contribution >= 4 is 5.69 Å². The highest BCUT2D eigenvalue weighted by Crippen LogP contribution is 2.39. The normalized spacial score (nSPS) is 19.4. The average Bonchev–Trinajstić information content (AvgIpc) is 2.61. The maximum Gasteiger partial charge on any atom is 0.416 e. The zero-order valence-electron chi connectivity index (χ0n) is 12.0. The van der Waals surface area contributed by atoms with Crippen molar-refractivity contribution in [2.45, 2.75) is 51.4 Å². The van der Waals surface area contributed by atoms with Gasteiger partial charge in [0.25, 0.3) is 0 Å². The Morgan fingerprint density at radius 3 is 2.45 bits per heavy atom. The largest absolute Gasteiger partial charge is 0.416 e. The van der Waals surface area contributed by atoms with E-state index in [0.29, 0.717) is 25.1 Å². The van der Waals surface area contributed by atoms with E-state index < -0.39 is 17.3 Å². The molecule has 0 fully saturated rings. The van der Waals surface area contributed by atoms with Gasteiger partial charge >= 0.3 is 6.18 Å². The minimum Gasteiger partial charge on any atom is -0.390 e. The molecule has 1 atom stereocenters. The Balaban J connectivity index is 2.32. The fourth-order valence-electron chi connectivity index (χ4n) is 2.93. The van der Waals surface area contributed by atoms with E-state index in [9.17, 15) is 18.3 Å². The first-order valence-electron chi connectivity index (χ1n) is 6.81. The molecule has 5 heteroatoms. The van der Waals surface area contributed by atoms with Gasteiger partial charge in [-0.05, 0) is 51.3 Å². The van der Waals surface area contributed by atoms with Crippen LogP contribution in [0, 0.1) is 0 Å². The molecule has 0 aromatic heterocycles. The number of likely N-dealkylation sites (N-methyl/N-ethyl adjacent to an activating group) is 1. The zero-order chi connectivity index (χ0) is 15.1. The van der Waals surface area contributed by atoms with Crippen molar-refractivity contribution in [3.8, 4) is 0 Å². The monoisotopic (exact) mass is 287 g/mol. The molecule has 1 aromatic carbocycles. The lowest BCUT2D eigenvalue weighted by Gasteiger charge is -2.30. The standard InChI is InChI=1S/C15H20F3NO/c1-4-19-12(9-14(2,3)20)7-10-5-6-11(8-13(10)19)15(16,17)18/h5-6,8,12,20H,4,7,9H2,1-3H3. The lowest BCUT2D eigenvalue weighted by Crippen LogP contribution is -2.38. The van der Waals surface area contributed by atoms with E-state index in [2.05, 4.69) is 0 Å². The molecule has 20 heavy (non-hydrogen) atoms. The summed E-state index contributed by atoms with van der Waals surface area (Å²) in [4.78, 5) is 1.96. The lowest BCUT2D eigenvalue weighted by atomic mass is 9.96. The first-order chi connectivity index (χ1) is 9.12. The molecule has 1 aliphatic heterocycles. The van der Waals surface area contributed by atoms with Gasteiger partial charge in [0.15, 0.2) is 0 Å². The first kappa shape index (κ1) is 15.2. The summed E-state index contributed by atoms with van der Waals surface area (Å²) in [6.45, 7) is 6.01. The van der Waals surface area contributed by atoms with Gasteiger partial charge in [-0.25, -0.2) is 0 Å². The summed E-state index contributed by atoms with van der Waals surface area (Å²) in [6.07, 6.45) is -3.09. The van der Waals surface area contributed by atoms with Crippen LogP contribution in [-0.2, 0) is 12.6 Å². The number of nitrogens with zero attached hydrogens (tertiary/aromatic N) is 1. The van der Waals surface area contributed by atoms with E-state index in [4.69, 9.17) is 0 Å². The fraction of sp³-hybridized carbons (Fsp3) is 0.600. The summed E-state index contributed by atoms with van der Waals surface area (Å²) < 4.78 is 38.4. The quantitative estimate of drug-likeness (QED) is 0.918. The third-order valence-corrected chi connectivity index (χ3v) is 3.69. The number of rotatable bonds is 3. The third kappa shape index (κ3) is 3.08. The van der Waals surface area contributed by atoms with Crippen LogP contribution in [0.4, 0.5) is 18.9 Å². The molecule has 1 aromatic rings. The Morgan fingerprint density at radius 1 is 1.30 bits per heavy atom. The number of alkyl halides is 3. The number of aliphatic hydroxyl groups is 1. The molecule has 1 unspecified atom stereocenters. The van der Waals surface area contributed by atoms with Crippen LogP contribution in [0.25, 0.3) is 0 Å². The molecule has 0 saturated heterocycles. The van der Waals surface area contributed by atoms with Gasteiger partial charge in [0.05, 0.1) is 11.2 Å². The maximum absolute atomic E-state index is 12.8. The van der Waals surface area contributed by atoms with Crippen LogP contribution < -0.4 is 4.90 Å². The van der Waals surface area contributed by atoms with Crippen LogP contribution in [0.5, 0.6) is 0 Å². The van der Waals surface area contributed by atoms with E-state index in [1.165, 1.54) is 6.07 Å². The van der Waals surface area contributed by atoms with Gasteiger partial charge in [-0.3, -0.25) is 0 Å². The SMILES string of the molecule is CCN1c2cc(C(F)(F)F)ccc2CC1CC(C)(C)O. The van der Waals surface area contributed by atoms with Crippen molar-refractivity contribution < 1.29 is 18.3 Å². The molecule has 2 rings (SSSR count).